The number of benzene rings is 2. The number of nitrogens with zero attached hydrogens (tertiary/aromatic N) is 1. The molecule has 3 rings (SSSR count). The van der Waals surface area contributed by atoms with E-state index in [9.17, 15) is 9.59 Å². The minimum Gasteiger partial charge on any atom is -0.494 e. The minimum absolute atomic E-state index is 0.00356. The van der Waals surface area contributed by atoms with Gasteiger partial charge in [-0.15, -0.1) is 0 Å². The van der Waals surface area contributed by atoms with Crippen LogP contribution in [0.5, 0.6) is 5.75 Å². The zero-order chi connectivity index (χ0) is 22.6. The summed E-state index contributed by atoms with van der Waals surface area (Å²) in [6.07, 6.45) is 7.19. The highest BCUT2D eigenvalue weighted by Gasteiger charge is 2.30. The molecule has 2 amide bonds. The van der Waals surface area contributed by atoms with Gasteiger partial charge in [0.05, 0.1) is 6.61 Å². The lowest BCUT2D eigenvalue weighted by Gasteiger charge is -2.33. The lowest BCUT2D eigenvalue weighted by Crippen LogP contribution is -2.51. The molecule has 32 heavy (non-hydrogen) atoms. The second-order valence-electron chi connectivity index (χ2n) is 8.54. The molecule has 0 unspecified atom stereocenters. The predicted octanol–water partition coefficient (Wildman–Crippen LogP) is 5.10. The van der Waals surface area contributed by atoms with E-state index in [0.29, 0.717) is 32.4 Å². The lowest BCUT2D eigenvalue weighted by atomic mass is 9.95. The maximum absolute atomic E-state index is 13.2. The highest BCUT2D eigenvalue weighted by Crippen LogP contribution is 2.19. The van der Waals surface area contributed by atoms with Crippen LogP contribution in [0.4, 0.5) is 0 Å². The van der Waals surface area contributed by atoms with Gasteiger partial charge in [0.2, 0.25) is 11.8 Å². The van der Waals surface area contributed by atoms with Gasteiger partial charge in [-0.05, 0) is 43.4 Å². The van der Waals surface area contributed by atoms with E-state index >= 15 is 0 Å². The number of carbonyl (C=O) groups is 2. The topological polar surface area (TPSA) is 58.6 Å². The molecule has 5 heteroatoms. The van der Waals surface area contributed by atoms with Crippen LogP contribution in [-0.4, -0.2) is 35.4 Å². The number of carbonyl (C=O) groups excluding carboxylic acids is 2. The molecule has 1 aliphatic carbocycles. The maximum Gasteiger partial charge on any atom is 0.243 e. The molecule has 0 spiro atoms. The Labute approximate surface area is 192 Å². The standard InChI is InChI=1S/C27H36N2O3/c1-2-25(27(31)28-23-15-8-4-9-16-23)29(21-22-13-6-3-7-14-22)26(30)19-12-20-32-24-17-10-5-11-18-24/h3,5-7,10-11,13-14,17-18,23,25H,2,4,8-9,12,15-16,19-21H2,1H3,(H,28,31)/t25-/m1/s1. The number of rotatable bonds is 11. The zero-order valence-corrected chi connectivity index (χ0v) is 19.2. The largest absolute Gasteiger partial charge is 0.494 e. The lowest BCUT2D eigenvalue weighted by molar-refractivity contribution is -0.142. The summed E-state index contributed by atoms with van der Waals surface area (Å²) >= 11 is 0. The zero-order valence-electron chi connectivity index (χ0n) is 19.2. The van der Waals surface area contributed by atoms with Gasteiger partial charge in [0.15, 0.2) is 0 Å². The van der Waals surface area contributed by atoms with Crippen molar-refractivity contribution in [1.82, 2.24) is 10.2 Å². The summed E-state index contributed by atoms with van der Waals surface area (Å²) in [6, 6.07) is 19.3. The first kappa shape index (κ1) is 23.8. The summed E-state index contributed by atoms with van der Waals surface area (Å²) < 4.78 is 5.74. The fraction of sp³-hybridized carbons (Fsp3) is 0.481. The van der Waals surface area contributed by atoms with Gasteiger partial charge in [0, 0.05) is 19.0 Å². The highest BCUT2D eigenvalue weighted by atomic mass is 16.5. The van der Waals surface area contributed by atoms with Crippen LogP contribution in [0.15, 0.2) is 60.7 Å². The summed E-state index contributed by atoms with van der Waals surface area (Å²) in [6.45, 7) is 2.89. The normalized spacial score (nSPS) is 15.0. The van der Waals surface area contributed by atoms with Crippen LogP contribution in [-0.2, 0) is 16.1 Å². The van der Waals surface area contributed by atoms with Gasteiger partial charge < -0.3 is 15.0 Å². The predicted molar refractivity (Wildman–Crippen MR) is 127 cm³/mol. The molecule has 0 saturated heterocycles. The van der Waals surface area contributed by atoms with Crippen molar-refractivity contribution < 1.29 is 14.3 Å². The van der Waals surface area contributed by atoms with Gasteiger partial charge in [-0.1, -0.05) is 74.7 Å². The fourth-order valence-electron chi connectivity index (χ4n) is 4.32. The molecule has 0 radical (unpaired) electrons. The van der Waals surface area contributed by atoms with E-state index in [4.69, 9.17) is 4.74 Å². The SMILES string of the molecule is CC[C@H](C(=O)NC1CCCCC1)N(Cc1ccccc1)C(=O)CCCOc1ccccc1. The third-order valence-corrected chi connectivity index (χ3v) is 6.08. The molecule has 1 N–H and O–H groups in total. The molecule has 1 saturated carbocycles. The summed E-state index contributed by atoms with van der Waals surface area (Å²) in [7, 11) is 0. The average molecular weight is 437 g/mol. The van der Waals surface area contributed by atoms with Crippen LogP contribution in [0.25, 0.3) is 0 Å². The number of hydrogen-bond acceptors (Lipinski definition) is 3. The number of nitrogens with one attached hydrogen (secondary N) is 1. The number of ether oxygens (including phenoxy) is 1. The van der Waals surface area contributed by atoms with E-state index in [2.05, 4.69) is 5.32 Å². The van der Waals surface area contributed by atoms with Crippen molar-refractivity contribution in [3.8, 4) is 5.75 Å². The quantitative estimate of drug-likeness (QED) is 0.499. The number of para-hydroxylation sites is 1. The third-order valence-electron chi connectivity index (χ3n) is 6.08. The molecule has 0 aliphatic heterocycles. The van der Waals surface area contributed by atoms with Crippen LogP contribution >= 0.6 is 0 Å². The molecule has 1 aliphatic rings. The first-order valence-corrected chi connectivity index (χ1v) is 12.0. The summed E-state index contributed by atoms with van der Waals surface area (Å²) in [5.41, 5.74) is 1.03. The van der Waals surface area contributed by atoms with Crippen molar-refractivity contribution in [1.29, 1.82) is 0 Å². The molecule has 5 nitrogen and oxygen atoms in total. The van der Waals surface area contributed by atoms with E-state index in [1.165, 1.54) is 6.42 Å². The van der Waals surface area contributed by atoms with Crippen LogP contribution in [0, 0.1) is 0 Å². The van der Waals surface area contributed by atoms with E-state index in [-0.39, 0.29) is 17.9 Å². The van der Waals surface area contributed by atoms with Gasteiger partial charge in [-0.3, -0.25) is 9.59 Å². The summed E-state index contributed by atoms with van der Waals surface area (Å²) in [5, 5.41) is 3.22. The molecule has 1 atom stereocenters. The molecule has 0 bridgehead atoms. The van der Waals surface area contributed by atoms with E-state index in [1.807, 2.05) is 67.6 Å². The summed E-state index contributed by atoms with van der Waals surface area (Å²) in [5.74, 6) is 0.778. The van der Waals surface area contributed by atoms with Crippen molar-refractivity contribution in [2.24, 2.45) is 0 Å². The Bertz CT molecular complexity index is 819. The number of amides is 2. The molecule has 2 aromatic carbocycles. The Hall–Kier alpha value is -2.82. The highest BCUT2D eigenvalue weighted by molar-refractivity contribution is 5.87. The van der Waals surface area contributed by atoms with Crippen LogP contribution < -0.4 is 10.1 Å². The fourth-order valence-corrected chi connectivity index (χ4v) is 4.32. The van der Waals surface area contributed by atoms with E-state index < -0.39 is 6.04 Å². The Morgan fingerprint density at radius 3 is 2.31 bits per heavy atom. The smallest absolute Gasteiger partial charge is 0.243 e. The molecule has 172 valence electrons. The van der Waals surface area contributed by atoms with Gasteiger partial charge in [0.1, 0.15) is 11.8 Å². The molecular weight excluding hydrogens is 400 g/mol. The van der Waals surface area contributed by atoms with E-state index in [0.717, 1.165) is 37.0 Å². The molecule has 0 heterocycles. The van der Waals surface area contributed by atoms with Crippen molar-refractivity contribution in [3.05, 3.63) is 66.2 Å². The average Bonchev–Trinajstić information content (AvgIpc) is 2.83. The first-order chi connectivity index (χ1) is 15.7. The second kappa shape index (κ2) is 12.9. The van der Waals surface area contributed by atoms with E-state index in [1.54, 1.807) is 4.90 Å². The van der Waals surface area contributed by atoms with Gasteiger partial charge >= 0.3 is 0 Å². The van der Waals surface area contributed by atoms with Crippen molar-refractivity contribution >= 4 is 11.8 Å². The third kappa shape index (κ3) is 7.40. The Balaban J connectivity index is 1.62. The van der Waals surface area contributed by atoms with Crippen molar-refractivity contribution in [2.75, 3.05) is 6.61 Å². The molecular formula is C27H36N2O3. The Morgan fingerprint density at radius 1 is 1.00 bits per heavy atom. The van der Waals surface area contributed by atoms with Gasteiger partial charge in [0.25, 0.3) is 0 Å². The van der Waals surface area contributed by atoms with Crippen molar-refractivity contribution in [3.63, 3.8) is 0 Å². The van der Waals surface area contributed by atoms with Gasteiger partial charge in [-0.25, -0.2) is 0 Å². The summed E-state index contributed by atoms with van der Waals surface area (Å²) in [4.78, 5) is 28.2. The molecule has 0 aromatic heterocycles. The first-order valence-electron chi connectivity index (χ1n) is 12.0. The Morgan fingerprint density at radius 2 is 1.66 bits per heavy atom. The van der Waals surface area contributed by atoms with Crippen molar-refractivity contribution in [2.45, 2.75) is 76.9 Å². The maximum atomic E-state index is 13.2. The number of hydrogen-bond donors (Lipinski definition) is 1. The Kier molecular flexibility index (Phi) is 9.60. The second-order valence-corrected chi connectivity index (χ2v) is 8.54. The van der Waals surface area contributed by atoms with Crippen LogP contribution in [0.2, 0.25) is 0 Å². The molecule has 2 aromatic rings. The van der Waals surface area contributed by atoms with Crippen LogP contribution in [0.1, 0.15) is 63.9 Å². The molecule has 1 fully saturated rings. The van der Waals surface area contributed by atoms with Gasteiger partial charge in [-0.2, -0.15) is 0 Å². The van der Waals surface area contributed by atoms with Crippen LogP contribution in [0.3, 0.4) is 0 Å². The minimum atomic E-state index is -0.459. The monoisotopic (exact) mass is 436 g/mol.